The van der Waals surface area contributed by atoms with Crippen LogP contribution in [0.4, 0.5) is 0 Å². The van der Waals surface area contributed by atoms with Gasteiger partial charge in [0.15, 0.2) is 12.2 Å². The molecule has 0 bridgehead atoms. The number of carbonyl (C=O) groups is 4. The Morgan fingerprint density at radius 1 is 1.22 bits per heavy atom. The molecule has 12 heteroatoms. The number of ether oxygens (including phenoxy) is 5. The number of aliphatic hydroxyl groups excluding tert-OH is 1. The second kappa shape index (κ2) is 14.2. The first-order valence-corrected chi connectivity index (χ1v) is 11.3. The van der Waals surface area contributed by atoms with Gasteiger partial charge < -0.3 is 39.8 Å². The quantitative estimate of drug-likeness (QED) is 0.200. The number of carbonyl (C=O) groups excluding carboxylic acids is 4. The van der Waals surface area contributed by atoms with Gasteiger partial charge in [-0.15, -0.1) is 0 Å². The average molecular weight is 509 g/mol. The predicted octanol–water partition coefficient (Wildman–Crippen LogP) is 0.230. The van der Waals surface area contributed by atoms with Crippen LogP contribution in [0.15, 0.2) is 30.9 Å². The van der Waals surface area contributed by atoms with E-state index in [4.69, 9.17) is 29.4 Å². The van der Waals surface area contributed by atoms with E-state index in [9.17, 15) is 24.3 Å². The number of amides is 1. The number of nitrogens with one attached hydrogen (secondary N) is 1. The molecule has 198 valence electrons. The molecular formula is C24H32N2O10. The molecule has 4 N–H and O–H groups in total. The van der Waals surface area contributed by atoms with Gasteiger partial charge in [0.25, 0.3) is 0 Å². The van der Waals surface area contributed by atoms with Crippen LogP contribution in [0.2, 0.25) is 0 Å². The molecule has 1 fully saturated rings. The fourth-order valence-corrected chi connectivity index (χ4v) is 3.50. The molecule has 0 unspecified atom stereocenters. The third-order valence-electron chi connectivity index (χ3n) is 5.00. The molecule has 0 saturated carbocycles. The fraction of sp³-hybridized carbons (Fsp3) is 0.500. The summed E-state index contributed by atoms with van der Waals surface area (Å²) in [5.74, 6) is -2.22. The molecule has 1 aromatic carbocycles. The highest BCUT2D eigenvalue weighted by molar-refractivity contribution is 5.77. The molecule has 12 nitrogen and oxygen atoms in total. The van der Waals surface area contributed by atoms with Gasteiger partial charge in [-0.1, -0.05) is 18.7 Å². The van der Waals surface area contributed by atoms with Gasteiger partial charge in [0.05, 0.1) is 13.0 Å². The number of benzene rings is 1. The molecule has 1 amide bonds. The molecule has 0 aliphatic carbocycles. The van der Waals surface area contributed by atoms with Crippen molar-refractivity contribution < 1.29 is 48.0 Å². The molecule has 0 spiro atoms. The Labute approximate surface area is 208 Å². The number of nitrogens with two attached hydrogens (primary N) is 1. The molecule has 1 aliphatic heterocycles. The van der Waals surface area contributed by atoms with E-state index in [1.165, 1.54) is 13.0 Å². The number of rotatable bonds is 12. The summed E-state index contributed by atoms with van der Waals surface area (Å²) in [6.07, 6.45) is -3.51. The second-order valence-electron chi connectivity index (χ2n) is 7.90. The lowest BCUT2D eigenvalue weighted by Gasteiger charge is -2.39. The Balaban J connectivity index is 2.32. The van der Waals surface area contributed by atoms with E-state index >= 15 is 0 Å². The first-order chi connectivity index (χ1) is 17.2. The van der Waals surface area contributed by atoms with Crippen LogP contribution in [-0.2, 0) is 51.3 Å². The number of hydrogen-bond donors (Lipinski definition) is 3. The lowest BCUT2D eigenvalue weighted by atomic mass is 10.0. The molecule has 4 atom stereocenters. The third kappa shape index (κ3) is 8.63. The highest BCUT2D eigenvalue weighted by atomic mass is 16.7. The Hall–Kier alpha value is -3.48. The SMILES string of the molecule is C=CCOC(=O)[C@H]1O[C@@H](Oc2ccc(CO)cc2CNC(=O)CCN)C[C@@H](OC(C)=O)[C@@H]1OC(C)=O. The molecular weight excluding hydrogens is 476 g/mol. The maximum Gasteiger partial charge on any atom is 0.339 e. The highest BCUT2D eigenvalue weighted by Crippen LogP contribution is 2.30. The molecule has 0 radical (unpaired) electrons. The summed E-state index contributed by atoms with van der Waals surface area (Å²) in [6.45, 7) is 5.71. The highest BCUT2D eigenvalue weighted by Gasteiger charge is 2.48. The van der Waals surface area contributed by atoms with Crippen LogP contribution in [0.3, 0.4) is 0 Å². The first-order valence-electron chi connectivity index (χ1n) is 11.3. The average Bonchev–Trinajstić information content (AvgIpc) is 2.82. The predicted molar refractivity (Wildman–Crippen MR) is 124 cm³/mol. The minimum absolute atomic E-state index is 0.0724. The van der Waals surface area contributed by atoms with Crippen LogP contribution >= 0.6 is 0 Å². The zero-order valence-corrected chi connectivity index (χ0v) is 20.3. The van der Waals surface area contributed by atoms with E-state index in [2.05, 4.69) is 11.9 Å². The van der Waals surface area contributed by atoms with Crippen molar-refractivity contribution in [3.8, 4) is 5.75 Å². The third-order valence-corrected chi connectivity index (χ3v) is 5.00. The summed E-state index contributed by atoms with van der Waals surface area (Å²) in [6, 6.07) is 4.83. The van der Waals surface area contributed by atoms with Crippen molar-refractivity contribution >= 4 is 23.8 Å². The largest absolute Gasteiger partial charge is 0.464 e. The van der Waals surface area contributed by atoms with Crippen molar-refractivity contribution in [1.29, 1.82) is 0 Å². The topological polar surface area (TPSA) is 173 Å². The Kier molecular flexibility index (Phi) is 11.3. The van der Waals surface area contributed by atoms with Crippen LogP contribution < -0.4 is 15.8 Å². The van der Waals surface area contributed by atoms with Gasteiger partial charge in [0.2, 0.25) is 12.2 Å². The standard InChI is InChI=1S/C24H32N2O10/c1-4-9-32-24(31)23-22(34-15(3)29)19(33-14(2)28)11-21(36-23)35-18-6-5-16(13-27)10-17(18)12-26-20(30)7-8-25/h4-6,10,19,21-23,27H,1,7-9,11-13,25H2,2-3H3,(H,26,30)/t19-,21-,22+,23+/m1/s1. The van der Waals surface area contributed by atoms with Crippen molar-refractivity contribution in [3.63, 3.8) is 0 Å². The summed E-state index contributed by atoms with van der Waals surface area (Å²) in [5, 5.41) is 12.2. The van der Waals surface area contributed by atoms with Gasteiger partial charge in [0, 0.05) is 38.9 Å². The van der Waals surface area contributed by atoms with E-state index in [0.717, 1.165) is 6.92 Å². The Morgan fingerprint density at radius 3 is 2.56 bits per heavy atom. The van der Waals surface area contributed by atoms with Gasteiger partial charge in [-0.05, 0) is 17.7 Å². The summed E-state index contributed by atoms with van der Waals surface area (Å²) in [7, 11) is 0. The monoisotopic (exact) mass is 508 g/mol. The lowest BCUT2D eigenvalue weighted by Crippen LogP contribution is -2.56. The zero-order valence-electron chi connectivity index (χ0n) is 20.3. The number of aliphatic hydroxyl groups is 1. The van der Waals surface area contributed by atoms with E-state index < -0.39 is 42.5 Å². The molecule has 1 heterocycles. The van der Waals surface area contributed by atoms with Crippen molar-refractivity contribution in [3.05, 3.63) is 42.0 Å². The molecule has 1 saturated heterocycles. The van der Waals surface area contributed by atoms with Gasteiger partial charge in [-0.3, -0.25) is 14.4 Å². The number of hydrogen-bond acceptors (Lipinski definition) is 11. The van der Waals surface area contributed by atoms with Crippen molar-refractivity contribution in [1.82, 2.24) is 5.32 Å². The van der Waals surface area contributed by atoms with Crippen molar-refractivity contribution in [2.24, 2.45) is 5.73 Å². The molecule has 1 aliphatic rings. The van der Waals surface area contributed by atoms with E-state index in [0.29, 0.717) is 11.1 Å². The smallest absolute Gasteiger partial charge is 0.339 e. The summed E-state index contributed by atoms with van der Waals surface area (Å²) < 4.78 is 27.4. The summed E-state index contributed by atoms with van der Waals surface area (Å²) >= 11 is 0. The van der Waals surface area contributed by atoms with Gasteiger partial charge in [-0.2, -0.15) is 0 Å². The van der Waals surface area contributed by atoms with Gasteiger partial charge >= 0.3 is 17.9 Å². The maximum absolute atomic E-state index is 12.7. The molecule has 0 aromatic heterocycles. The van der Waals surface area contributed by atoms with Crippen LogP contribution in [-0.4, -0.2) is 66.7 Å². The Bertz CT molecular complexity index is 951. The van der Waals surface area contributed by atoms with Crippen molar-refractivity contribution in [2.75, 3.05) is 13.2 Å². The van der Waals surface area contributed by atoms with Crippen LogP contribution in [0, 0.1) is 0 Å². The van der Waals surface area contributed by atoms with Crippen LogP contribution in [0.1, 0.15) is 37.8 Å². The minimum atomic E-state index is -1.46. The van der Waals surface area contributed by atoms with Crippen LogP contribution in [0.25, 0.3) is 0 Å². The fourth-order valence-electron chi connectivity index (χ4n) is 3.50. The second-order valence-corrected chi connectivity index (χ2v) is 7.90. The summed E-state index contributed by atoms with van der Waals surface area (Å²) in [4.78, 5) is 48.0. The number of esters is 3. The van der Waals surface area contributed by atoms with Gasteiger partial charge in [0.1, 0.15) is 18.5 Å². The molecule has 1 aromatic rings. The van der Waals surface area contributed by atoms with E-state index in [1.54, 1.807) is 18.2 Å². The van der Waals surface area contributed by atoms with E-state index in [1.807, 2.05) is 0 Å². The molecule has 2 rings (SSSR count). The van der Waals surface area contributed by atoms with Crippen molar-refractivity contribution in [2.45, 2.75) is 64.4 Å². The lowest BCUT2D eigenvalue weighted by molar-refractivity contribution is -0.242. The zero-order chi connectivity index (χ0) is 26.7. The first kappa shape index (κ1) is 28.8. The van der Waals surface area contributed by atoms with E-state index in [-0.39, 0.29) is 50.8 Å². The van der Waals surface area contributed by atoms with Gasteiger partial charge in [-0.25, -0.2) is 4.79 Å². The van der Waals surface area contributed by atoms with Crippen LogP contribution in [0.5, 0.6) is 5.75 Å². The Morgan fingerprint density at radius 2 is 1.94 bits per heavy atom. The molecule has 36 heavy (non-hydrogen) atoms. The minimum Gasteiger partial charge on any atom is -0.464 e. The summed E-state index contributed by atoms with van der Waals surface area (Å²) in [5.41, 5.74) is 6.51. The normalized spacial score (nSPS) is 21.1. The maximum atomic E-state index is 12.7.